The number of fused-ring (bicyclic) bond motifs is 4. The fourth-order valence-electron chi connectivity index (χ4n) is 3.87. The molecule has 2 N–H and O–H groups in total. The zero-order chi connectivity index (χ0) is 15.9. The van der Waals surface area contributed by atoms with Crippen LogP contribution in [0.3, 0.4) is 0 Å². The maximum absolute atomic E-state index is 12.7. The maximum Gasteiger partial charge on any atom is 0.276 e. The summed E-state index contributed by atoms with van der Waals surface area (Å²) in [6.07, 6.45) is 0.603. The summed E-state index contributed by atoms with van der Waals surface area (Å²) in [5.74, 6) is -3.00. The van der Waals surface area contributed by atoms with Crippen molar-refractivity contribution >= 4 is 11.6 Å². The summed E-state index contributed by atoms with van der Waals surface area (Å²) in [6.45, 7) is 3.83. The number of Topliss-reactive ketones (excluding diaryl/α,β-unsaturated/α-hetero) is 2. The number of aliphatic hydroxyl groups is 2. The van der Waals surface area contributed by atoms with Crippen molar-refractivity contribution in [3.63, 3.8) is 0 Å². The number of benzene rings is 1. The minimum absolute atomic E-state index is 0.0736. The molecule has 1 aromatic rings. The van der Waals surface area contributed by atoms with Crippen molar-refractivity contribution in [2.45, 2.75) is 38.1 Å². The van der Waals surface area contributed by atoms with Gasteiger partial charge < -0.3 is 14.9 Å². The molecule has 22 heavy (non-hydrogen) atoms. The molecular formula is C17H16O5. The molecule has 2 aliphatic carbocycles. The quantitative estimate of drug-likeness (QED) is 0.757. The van der Waals surface area contributed by atoms with Crippen molar-refractivity contribution in [1.29, 1.82) is 0 Å². The van der Waals surface area contributed by atoms with Crippen LogP contribution in [-0.4, -0.2) is 27.4 Å². The molecule has 1 aliphatic heterocycles. The lowest BCUT2D eigenvalue weighted by atomic mass is 9.72. The Hall–Kier alpha value is -1.98. The van der Waals surface area contributed by atoms with E-state index >= 15 is 0 Å². The van der Waals surface area contributed by atoms with Crippen LogP contribution in [0.1, 0.15) is 42.6 Å². The first-order chi connectivity index (χ1) is 10.2. The van der Waals surface area contributed by atoms with Crippen molar-refractivity contribution in [3.8, 4) is 0 Å². The van der Waals surface area contributed by atoms with Gasteiger partial charge in [0.15, 0.2) is 5.78 Å². The lowest BCUT2D eigenvalue weighted by Crippen LogP contribution is -2.52. The highest BCUT2D eigenvalue weighted by Crippen LogP contribution is 2.58. The molecule has 0 unspecified atom stereocenters. The van der Waals surface area contributed by atoms with E-state index in [0.29, 0.717) is 6.42 Å². The van der Waals surface area contributed by atoms with E-state index in [4.69, 9.17) is 4.74 Å². The molecule has 2 atom stereocenters. The molecule has 0 fully saturated rings. The van der Waals surface area contributed by atoms with Crippen LogP contribution < -0.4 is 0 Å². The summed E-state index contributed by atoms with van der Waals surface area (Å²) >= 11 is 0. The first-order valence-corrected chi connectivity index (χ1v) is 7.26. The van der Waals surface area contributed by atoms with Gasteiger partial charge in [-0.15, -0.1) is 0 Å². The summed E-state index contributed by atoms with van der Waals surface area (Å²) in [5, 5.41) is 22.0. The topological polar surface area (TPSA) is 83.8 Å². The summed E-state index contributed by atoms with van der Waals surface area (Å²) < 4.78 is 5.63. The lowest BCUT2D eigenvalue weighted by molar-refractivity contribution is -0.236. The molecular weight excluding hydrogens is 284 g/mol. The van der Waals surface area contributed by atoms with Crippen LogP contribution in [0.15, 0.2) is 35.6 Å². The SMILES string of the molecule is CC1(C)CC(=O)C2=C(C1)O[C@@]1(O)c3ccccc3C(=O)[C@]21O. The molecule has 1 aromatic carbocycles. The van der Waals surface area contributed by atoms with E-state index in [1.54, 1.807) is 18.2 Å². The Balaban J connectivity index is 1.96. The average Bonchev–Trinajstić information content (AvgIpc) is 2.74. The summed E-state index contributed by atoms with van der Waals surface area (Å²) in [4.78, 5) is 25.2. The van der Waals surface area contributed by atoms with E-state index in [-0.39, 0.29) is 40.1 Å². The minimum Gasteiger partial charge on any atom is -0.458 e. The smallest absolute Gasteiger partial charge is 0.276 e. The van der Waals surface area contributed by atoms with Crippen LogP contribution in [0, 0.1) is 5.41 Å². The second-order valence-electron chi connectivity index (χ2n) is 7.07. The number of allylic oxidation sites excluding steroid dienone is 1. The van der Waals surface area contributed by atoms with E-state index in [2.05, 4.69) is 0 Å². The zero-order valence-electron chi connectivity index (χ0n) is 12.3. The van der Waals surface area contributed by atoms with Crippen LogP contribution in [0.4, 0.5) is 0 Å². The van der Waals surface area contributed by atoms with Gasteiger partial charge >= 0.3 is 0 Å². The normalized spacial score (nSPS) is 35.1. The van der Waals surface area contributed by atoms with Gasteiger partial charge in [-0.25, -0.2) is 0 Å². The van der Waals surface area contributed by atoms with Gasteiger partial charge in [0.05, 0.1) is 5.57 Å². The number of ether oxygens (including phenoxy) is 1. The summed E-state index contributed by atoms with van der Waals surface area (Å²) in [5.41, 5.74) is -2.33. The van der Waals surface area contributed by atoms with Crippen molar-refractivity contribution in [2.75, 3.05) is 0 Å². The minimum atomic E-state index is -2.33. The molecule has 0 saturated carbocycles. The van der Waals surface area contributed by atoms with Crippen LogP contribution in [-0.2, 0) is 15.3 Å². The highest BCUT2D eigenvalue weighted by molar-refractivity contribution is 6.17. The van der Waals surface area contributed by atoms with E-state index in [1.807, 2.05) is 13.8 Å². The monoisotopic (exact) mass is 300 g/mol. The Morgan fingerprint density at radius 2 is 1.77 bits per heavy atom. The highest BCUT2D eigenvalue weighted by atomic mass is 16.7. The predicted octanol–water partition coefficient (Wildman–Crippen LogP) is 1.43. The number of ketones is 2. The van der Waals surface area contributed by atoms with Gasteiger partial charge in [-0.2, -0.15) is 0 Å². The second-order valence-corrected chi connectivity index (χ2v) is 7.07. The lowest BCUT2D eigenvalue weighted by Gasteiger charge is -2.30. The summed E-state index contributed by atoms with van der Waals surface area (Å²) in [6, 6.07) is 6.36. The first-order valence-electron chi connectivity index (χ1n) is 7.26. The van der Waals surface area contributed by atoms with Gasteiger partial charge in [-0.1, -0.05) is 38.1 Å². The van der Waals surface area contributed by atoms with Crippen molar-refractivity contribution < 1.29 is 24.5 Å². The van der Waals surface area contributed by atoms with Crippen molar-refractivity contribution in [1.82, 2.24) is 0 Å². The third-order valence-electron chi connectivity index (χ3n) is 4.82. The molecule has 0 amide bonds. The van der Waals surface area contributed by atoms with E-state index < -0.39 is 17.2 Å². The zero-order valence-corrected chi connectivity index (χ0v) is 12.3. The Morgan fingerprint density at radius 1 is 1.09 bits per heavy atom. The maximum atomic E-state index is 12.7. The van der Waals surface area contributed by atoms with Crippen molar-refractivity contribution in [2.24, 2.45) is 5.41 Å². The molecule has 0 bridgehead atoms. The highest BCUT2D eigenvalue weighted by Gasteiger charge is 2.73. The van der Waals surface area contributed by atoms with Gasteiger partial charge in [0.2, 0.25) is 11.4 Å². The Labute approximate surface area is 127 Å². The van der Waals surface area contributed by atoms with E-state index in [9.17, 15) is 19.8 Å². The van der Waals surface area contributed by atoms with Gasteiger partial charge in [0.25, 0.3) is 5.79 Å². The molecule has 5 heteroatoms. The molecule has 0 saturated heterocycles. The van der Waals surface area contributed by atoms with Crippen molar-refractivity contribution in [3.05, 3.63) is 46.7 Å². The molecule has 114 valence electrons. The molecule has 5 nitrogen and oxygen atoms in total. The first kappa shape index (κ1) is 13.7. The second kappa shape index (κ2) is 3.67. The average molecular weight is 300 g/mol. The number of hydrogen-bond donors (Lipinski definition) is 2. The van der Waals surface area contributed by atoms with Crippen LogP contribution in [0.25, 0.3) is 0 Å². The van der Waals surface area contributed by atoms with Gasteiger partial charge in [0, 0.05) is 24.0 Å². The third-order valence-corrected chi connectivity index (χ3v) is 4.82. The number of carbonyl (C=O) groups excluding carboxylic acids is 2. The standard InChI is InChI=1S/C17H16O5/c1-15(2)7-11(18)13-12(8-15)22-17(21)10-6-4-3-5-9(10)14(19)16(13,17)20/h3-6,20-21H,7-8H2,1-2H3/t16-,17+/m1/s1. The van der Waals surface area contributed by atoms with Crippen LogP contribution in [0.5, 0.6) is 0 Å². The molecule has 4 rings (SSSR count). The largest absolute Gasteiger partial charge is 0.458 e. The Bertz CT molecular complexity index is 775. The number of carbonyl (C=O) groups is 2. The molecule has 0 radical (unpaired) electrons. The molecule has 0 spiro atoms. The Morgan fingerprint density at radius 3 is 2.50 bits per heavy atom. The molecule has 1 heterocycles. The molecule has 0 aromatic heterocycles. The Kier molecular flexibility index (Phi) is 2.28. The van der Waals surface area contributed by atoms with Crippen LogP contribution >= 0.6 is 0 Å². The van der Waals surface area contributed by atoms with Gasteiger partial charge in [-0.3, -0.25) is 9.59 Å². The van der Waals surface area contributed by atoms with E-state index in [1.165, 1.54) is 6.07 Å². The third kappa shape index (κ3) is 1.31. The number of hydrogen-bond acceptors (Lipinski definition) is 5. The fraction of sp³-hybridized carbons (Fsp3) is 0.412. The summed E-state index contributed by atoms with van der Waals surface area (Å²) in [7, 11) is 0. The predicted molar refractivity (Wildman–Crippen MR) is 75.8 cm³/mol. The van der Waals surface area contributed by atoms with Gasteiger partial charge in [0.1, 0.15) is 5.76 Å². The number of rotatable bonds is 0. The van der Waals surface area contributed by atoms with Gasteiger partial charge in [-0.05, 0) is 5.41 Å². The van der Waals surface area contributed by atoms with E-state index in [0.717, 1.165) is 0 Å². The van der Waals surface area contributed by atoms with Crippen LogP contribution in [0.2, 0.25) is 0 Å². The molecule has 3 aliphatic rings. The fourth-order valence-corrected chi connectivity index (χ4v) is 3.87.